The average Bonchev–Trinajstić information content (AvgIpc) is 1.76. The van der Waals surface area contributed by atoms with E-state index in [1.54, 1.807) is 54.6 Å². The maximum absolute atomic E-state index is 13.3. The Balaban J connectivity index is 0.000000292. The molecule has 0 saturated heterocycles. The van der Waals surface area contributed by atoms with Gasteiger partial charge in [0.25, 0.3) is 11.8 Å². The third-order valence-electron chi connectivity index (χ3n) is 12.6. The Hall–Kier alpha value is -7.35. The number of aromatic carboxylic acids is 1. The molecular formula is C75H77Cl6N3O13S4. The number of anilines is 3. The molecule has 0 aliphatic rings. The van der Waals surface area contributed by atoms with Gasteiger partial charge in [0, 0.05) is 76.0 Å². The van der Waals surface area contributed by atoms with Crippen molar-refractivity contribution in [2.45, 2.75) is 89.5 Å². The molecule has 0 unspecified atom stereocenters. The second-order valence-corrected chi connectivity index (χ2v) is 32.4. The highest BCUT2D eigenvalue weighted by Crippen LogP contribution is 2.36. The fourth-order valence-corrected chi connectivity index (χ4v) is 13.0. The highest BCUT2D eigenvalue weighted by molar-refractivity contribution is 7.16. The van der Waals surface area contributed by atoms with E-state index in [4.69, 9.17) is 94.3 Å². The Kier molecular flexibility index (Phi) is 33.0. The van der Waals surface area contributed by atoms with Crippen molar-refractivity contribution < 1.29 is 62.4 Å². The molecule has 0 spiro atoms. The van der Waals surface area contributed by atoms with E-state index in [-0.39, 0.29) is 108 Å². The number of thiophene rings is 4. The Labute approximate surface area is 636 Å². The number of halogens is 6. The number of ketones is 1. The zero-order chi connectivity index (χ0) is 76.1. The van der Waals surface area contributed by atoms with E-state index in [9.17, 15) is 38.7 Å². The monoisotopic (exact) mass is 1570 g/mol. The minimum atomic E-state index is -1.13. The summed E-state index contributed by atoms with van der Waals surface area (Å²) in [4.78, 5) is 93.4. The molecule has 7 aromatic rings. The molecule has 0 aliphatic carbocycles. The zero-order valence-corrected chi connectivity index (χ0v) is 66.6. The Morgan fingerprint density at radius 3 is 1.11 bits per heavy atom. The number of ether oxygens (including phenoxy) is 5. The van der Waals surface area contributed by atoms with Crippen molar-refractivity contribution in [3.05, 3.63) is 170 Å². The van der Waals surface area contributed by atoms with E-state index >= 15 is 0 Å². The number of hydrogen-bond acceptors (Lipinski definition) is 17. The van der Waals surface area contributed by atoms with Gasteiger partial charge in [0.1, 0.15) is 19.5 Å². The fourth-order valence-electron chi connectivity index (χ4n) is 7.91. The van der Waals surface area contributed by atoms with Crippen molar-refractivity contribution in [3.8, 4) is 47.4 Å². The van der Waals surface area contributed by atoms with Crippen LogP contribution < -0.4 is 15.5 Å². The molecule has 101 heavy (non-hydrogen) atoms. The zero-order valence-electron chi connectivity index (χ0n) is 58.8. The highest BCUT2D eigenvalue weighted by Gasteiger charge is 2.30. The predicted molar refractivity (Wildman–Crippen MR) is 413 cm³/mol. The van der Waals surface area contributed by atoms with Crippen LogP contribution in [0.2, 0.25) is 30.1 Å². The van der Waals surface area contributed by atoms with Gasteiger partial charge in [-0.15, -0.1) is 45.3 Å². The lowest BCUT2D eigenvalue weighted by Crippen LogP contribution is -2.34. The Bertz CT molecular complexity index is 4460. The molecule has 4 aromatic heterocycles. The smallest absolute Gasteiger partial charge is 0.350 e. The summed E-state index contributed by atoms with van der Waals surface area (Å²) in [6, 6.07) is 20.7. The number of carbonyl (C=O) groups is 7. The van der Waals surface area contributed by atoms with E-state index in [1.165, 1.54) is 104 Å². The number of nitrogens with two attached hydrogens (primary N) is 1. The first-order valence-corrected chi connectivity index (χ1v) is 36.0. The molecule has 0 aliphatic heterocycles. The number of rotatable bonds is 17. The van der Waals surface area contributed by atoms with Gasteiger partial charge in [-0.3, -0.25) is 14.4 Å². The first-order valence-electron chi connectivity index (χ1n) is 30.4. The van der Waals surface area contributed by atoms with Crippen LogP contribution in [0.25, 0.3) is 0 Å². The van der Waals surface area contributed by atoms with Crippen LogP contribution in [0.3, 0.4) is 0 Å². The molecule has 0 bridgehead atoms. The number of methoxy groups -OCH3 is 5. The van der Waals surface area contributed by atoms with E-state index in [2.05, 4.69) is 52.1 Å². The van der Waals surface area contributed by atoms with Crippen LogP contribution in [0.4, 0.5) is 17.1 Å². The van der Waals surface area contributed by atoms with E-state index in [0.29, 0.717) is 62.0 Å². The quantitative estimate of drug-likeness (QED) is 0.0375. The lowest BCUT2D eigenvalue weighted by Gasteiger charge is -2.23. The van der Waals surface area contributed by atoms with Gasteiger partial charge in [-0.2, -0.15) is 0 Å². The molecule has 0 fully saturated rings. The predicted octanol–water partition coefficient (Wildman–Crippen LogP) is 19.2. The van der Waals surface area contributed by atoms with Crippen molar-refractivity contribution in [3.63, 3.8) is 0 Å². The number of carboxylic acid groups (broad SMARTS) is 1. The first-order chi connectivity index (χ1) is 47.0. The maximum Gasteiger partial charge on any atom is 0.350 e. The van der Waals surface area contributed by atoms with E-state index in [1.807, 2.05) is 83.1 Å². The van der Waals surface area contributed by atoms with Crippen molar-refractivity contribution in [1.29, 1.82) is 0 Å². The second kappa shape index (κ2) is 38.8. The number of nitrogens with zero attached hydrogens (tertiary/aromatic N) is 2. The standard InChI is InChI=1S/C22H23Cl2NO4S.C21H21Cl2NO4S.C20H18Cl2O3S.C12H15NO2S/c1-22(2,3)9-8-15-13-18(19(30-15)21(27)29-5)25(10-11-28-4)20(26)16-7-6-14(23)12-17(16)24;1-21(2,3)8-7-14-12-17(18(29-14)20(26)27)24(9-10-28-4)19(25)15-6-5-13(22)11-16(15)23;1-20(2,3)8-7-14-9-12(18(26-14)19(24)25-4)10-17(23)15-6-5-13(21)11-16(15)22;1-12(2,3)6-5-8-7-9(13)10(16-8)11(14)15-4/h6-7,12-13H,10-11H2,1-5H3;5-6,11-12H,9-10H2,1-4H3,(H,26,27);5-6,9,11H,10H2,1-4H3;7H,13H2,1-4H3. The first kappa shape index (κ1) is 86.1. The molecule has 7 rings (SSSR count). The molecule has 16 nitrogen and oxygen atoms in total. The summed E-state index contributed by atoms with van der Waals surface area (Å²) >= 11 is 41.0. The lowest BCUT2D eigenvalue weighted by atomic mass is 9.98. The van der Waals surface area contributed by atoms with Crippen molar-refractivity contribution in [1.82, 2.24) is 0 Å². The minimum absolute atomic E-state index is 0.0257. The van der Waals surface area contributed by atoms with E-state index < -0.39 is 29.8 Å². The van der Waals surface area contributed by atoms with Crippen LogP contribution in [0.1, 0.15) is 178 Å². The van der Waals surface area contributed by atoms with Gasteiger partial charge in [-0.25, -0.2) is 19.2 Å². The van der Waals surface area contributed by atoms with E-state index in [0.717, 1.165) is 16.2 Å². The molecule has 0 saturated carbocycles. The summed E-state index contributed by atoms with van der Waals surface area (Å²) < 4.78 is 24.7. The number of hydrogen-bond donors (Lipinski definition) is 2. The van der Waals surface area contributed by atoms with Gasteiger partial charge in [-0.05, 0) is 168 Å². The summed E-state index contributed by atoms with van der Waals surface area (Å²) in [5, 5.41) is 11.6. The number of benzene rings is 3. The molecular weight excluding hydrogens is 1490 g/mol. The van der Waals surface area contributed by atoms with Crippen LogP contribution in [-0.4, -0.2) is 108 Å². The van der Waals surface area contributed by atoms with Gasteiger partial charge in [0.2, 0.25) is 0 Å². The number of esters is 3. The summed E-state index contributed by atoms with van der Waals surface area (Å²) in [7, 11) is 6.98. The number of carbonyl (C=O) groups excluding carboxylic acids is 6. The summed E-state index contributed by atoms with van der Waals surface area (Å²) in [5.41, 5.74) is 7.53. The van der Waals surface area contributed by atoms with Crippen LogP contribution in [-0.2, 0) is 30.1 Å². The van der Waals surface area contributed by atoms with Crippen molar-refractivity contribution in [2.75, 3.05) is 77.4 Å². The Morgan fingerprint density at radius 2 is 0.752 bits per heavy atom. The third-order valence-corrected chi connectivity index (χ3v) is 18.4. The summed E-state index contributed by atoms with van der Waals surface area (Å²) in [5.74, 6) is 21.0. The molecule has 4 heterocycles. The number of Topliss-reactive ketones (excluding diaryl/α,β-unsaturated/α-hetero) is 1. The molecule has 26 heteroatoms. The van der Waals surface area contributed by atoms with Gasteiger partial charge in [0.05, 0.1) is 97.3 Å². The van der Waals surface area contributed by atoms with Crippen LogP contribution in [0, 0.1) is 69.0 Å². The number of carboxylic acids is 1. The SMILES string of the molecule is COC(=O)c1sc(C#CC(C)(C)C)cc1CC(=O)c1ccc(Cl)cc1Cl.COC(=O)c1sc(C#CC(C)(C)C)cc1N.COCCN(C(=O)c1ccc(Cl)cc1Cl)c1cc(C#CC(C)(C)C)sc1C(=O)O.COCCN(C(=O)c1ccc(Cl)cc1Cl)c1cc(C#CC(C)(C)C)sc1C(=O)OC. The second-order valence-electron chi connectivity index (χ2n) is 25.7. The van der Waals surface area contributed by atoms with Crippen LogP contribution in [0.5, 0.6) is 0 Å². The molecule has 3 aromatic carbocycles. The van der Waals surface area contributed by atoms with Crippen LogP contribution in [0.15, 0.2) is 78.9 Å². The highest BCUT2D eigenvalue weighted by atomic mass is 35.5. The topological polar surface area (TPSA) is 218 Å². The van der Waals surface area contributed by atoms with Gasteiger partial charge in [0.15, 0.2) is 5.78 Å². The van der Waals surface area contributed by atoms with Crippen molar-refractivity contribution >= 4 is 173 Å². The Morgan fingerprint density at radius 1 is 0.436 bits per heavy atom. The summed E-state index contributed by atoms with van der Waals surface area (Å²) in [6.07, 6.45) is 0.0273. The van der Waals surface area contributed by atoms with Gasteiger partial charge in [-0.1, -0.05) is 117 Å². The molecule has 2 amide bonds. The van der Waals surface area contributed by atoms with Crippen molar-refractivity contribution in [2.24, 2.45) is 21.7 Å². The number of amides is 2. The summed E-state index contributed by atoms with van der Waals surface area (Å²) in [6.45, 7) is 24.8. The normalized spacial score (nSPS) is 10.8. The lowest BCUT2D eigenvalue weighted by molar-refractivity contribution is 0.0596. The van der Waals surface area contributed by atoms with Crippen LogP contribution >= 0.6 is 115 Å². The molecule has 536 valence electrons. The largest absolute Gasteiger partial charge is 0.477 e. The molecule has 3 N–H and O–H groups in total. The average molecular weight is 1570 g/mol. The third kappa shape index (κ3) is 27.7. The minimum Gasteiger partial charge on any atom is -0.477 e. The number of nitrogen functional groups attached to an aromatic ring is 1. The fraction of sp³-hybridized carbons (Fsp3) is 0.347. The van der Waals surface area contributed by atoms with Gasteiger partial charge < -0.3 is 44.3 Å². The molecule has 0 radical (unpaired) electrons. The molecule has 0 atom stereocenters. The van der Waals surface area contributed by atoms with Gasteiger partial charge >= 0.3 is 23.9 Å². The maximum atomic E-state index is 13.3.